The van der Waals surface area contributed by atoms with E-state index in [-0.39, 0.29) is 0 Å². The summed E-state index contributed by atoms with van der Waals surface area (Å²) < 4.78 is 6.63. The van der Waals surface area contributed by atoms with Crippen molar-refractivity contribution in [2.45, 2.75) is 96.4 Å². The van der Waals surface area contributed by atoms with Crippen molar-refractivity contribution in [3.63, 3.8) is 0 Å². The number of allylic oxidation sites excluding steroid dienone is 2. The minimum Gasteiger partial charge on any atom is -0.414 e. The lowest BCUT2D eigenvalue weighted by atomic mass is 10.1. The fourth-order valence-corrected chi connectivity index (χ4v) is 3.78. The van der Waals surface area contributed by atoms with E-state index in [0.717, 1.165) is 0 Å². The van der Waals surface area contributed by atoms with Crippen LogP contribution < -0.4 is 0 Å². The minimum atomic E-state index is -1.59. The Bertz CT molecular complexity index is 261. The molecule has 1 nitrogen and oxygen atoms in total. The van der Waals surface area contributed by atoms with Gasteiger partial charge in [0.2, 0.25) is 0 Å². The van der Waals surface area contributed by atoms with Gasteiger partial charge in [-0.3, -0.25) is 0 Å². The highest BCUT2D eigenvalue weighted by molar-refractivity contribution is 6.74. The maximum atomic E-state index is 6.63. The summed E-state index contributed by atoms with van der Waals surface area (Å²) in [7, 11) is -1.59. The highest BCUT2D eigenvalue weighted by Gasteiger charge is 2.38. The van der Waals surface area contributed by atoms with Gasteiger partial charge >= 0.3 is 0 Å². The minimum absolute atomic E-state index is 0.334. The second kappa shape index (κ2) is 7.63. The van der Waals surface area contributed by atoms with Crippen molar-refractivity contribution in [1.82, 2.24) is 0 Å². The predicted octanol–water partition coefficient (Wildman–Crippen LogP) is 6.07. The third-order valence-electron chi connectivity index (χ3n) is 4.73. The highest BCUT2D eigenvalue weighted by atomic mass is 28.4. The van der Waals surface area contributed by atoms with Crippen molar-refractivity contribution in [1.29, 1.82) is 0 Å². The maximum absolute atomic E-state index is 6.63. The molecule has 0 heterocycles. The van der Waals surface area contributed by atoms with Crippen LogP contribution >= 0.6 is 0 Å². The van der Waals surface area contributed by atoms with E-state index >= 15 is 0 Å². The quantitative estimate of drug-likeness (QED) is 0.441. The molecular weight excluding hydrogens is 248 g/mol. The van der Waals surface area contributed by atoms with E-state index in [1.165, 1.54) is 51.4 Å². The first-order valence-corrected chi connectivity index (χ1v) is 11.1. The molecule has 0 bridgehead atoms. The molecular formula is C17H34OSi. The van der Waals surface area contributed by atoms with Crippen molar-refractivity contribution in [2.75, 3.05) is 0 Å². The Hall–Kier alpha value is -0.0831. The zero-order chi connectivity index (χ0) is 14.4. The Kier molecular flexibility index (Phi) is 6.82. The smallest absolute Gasteiger partial charge is 0.192 e. The Balaban J connectivity index is 2.54. The standard InChI is InChI=1S/C17H34OSi/c1-17(2,3)19(4,5)18-16-14-12-10-8-6-7-9-11-13-15-16/h6-7,16H,8-15H2,1-5H3. The van der Waals surface area contributed by atoms with Crippen LogP contribution in [0.2, 0.25) is 18.1 Å². The van der Waals surface area contributed by atoms with E-state index < -0.39 is 8.32 Å². The van der Waals surface area contributed by atoms with Gasteiger partial charge in [-0.25, -0.2) is 0 Å². The van der Waals surface area contributed by atoms with Gasteiger partial charge < -0.3 is 4.43 Å². The first-order chi connectivity index (χ1) is 8.83. The lowest BCUT2D eigenvalue weighted by Crippen LogP contribution is -2.44. The van der Waals surface area contributed by atoms with Gasteiger partial charge in [0, 0.05) is 6.10 Å². The van der Waals surface area contributed by atoms with Gasteiger partial charge in [0.1, 0.15) is 0 Å². The normalized spacial score (nSPS) is 21.1. The van der Waals surface area contributed by atoms with Crippen molar-refractivity contribution in [3.05, 3.63) is 12.2 Å². The SMILES string of the molecule is CC(C)(C)[Si](C)(C)OC1CCCCC=CCCCC1. The van der Waals surface area contributed by atoms with E-state index in [2.05, 4.69) is 46.0 Å². The predicted molar refractivity (Wildman–Crippen MR) is 88.1 cm³/mol. The first-order valence-electron chi connectivity index (χ1n) is 8.16. The fourth-order valence-electron chi connectivity index (χ4n) is 2.36. The lowest BCUT2D eigenvalue weighted by Gasteiger charge is -2.39. The summed E-state index contributed by atoms with van der Waals surface area (Å²) in [6.45, 7) is 11.8. The van der Waals surface area contributed by atoms with Gasteiger partial charge in [-0.1, -0.05) is 45.8 Å². The molecule has 0 atom stereocenters. The first kappa shape index (κ1) is 17.0. The third kappa shape index (κ3) is 6.27. The second-order valence-electron chi connectivity index (χ2n) is 7.54. The van der Waals surface area contributed by atoms with Gasteiger partial charge in [-0.15, -0.1) is 0 Å². The molecule has 2 heteroatoms. The molecule has 1 aliphatic rings. The molecule has 0 spiro atoms. The average molecular weight is 283 g/mol. The maximum Gasteiger partial charge on any atom is 0.192 e. The Morgan fingerprint density at radius 3 is 1.79 bits per heavy atom. The van der Waals surface area contributed by atoms with Crippen LogP contribution in [0.15, 0.2) is 12.2 Å². The molecule has 0 saturated heterocycles. The van der Waals surface area contributed by atoms with Crippen LogP contribution in [0, 0.1) is 0 Å². The van der Waals surface area contributed by atoms with E-state index in [0.29, 0.717) is 11.1 Å². The van der Waals surface area contributed by atoms with Gasteiger partial charge in [-0.2, -0.15) is 0 Å². The topological polar surface area (TPSA) is 9.23 Å². The molecule has 1 rings (SSSR count). The summed E-state index contributed by atoms with van der Waals surface area (Å²) in [6, 6.07) is 0. The highest BCUT2D eigenvalue weighted by Crippen LogP contribution is 2.38. The largest absolute Gasteiger partial charge is 0.414 e. The zero-order valence-corrected chi connectivity index (χ0v) is 14.8. The summed E-state index contributed by atoms with van der Waals surface area (Å²) in [5.41, 5.74) is 0. The van der Waals surface area contributed by atoms with Crippen molar-refractivity contribution < 1.29 is 4.43 Å². The number of hydrogen-bond donors (Lipinski definition) is 0. The molecule has 0 fully saturated rings. The zero-order valence-electron chi connectivity index (χ0n) is 13.8. The number of hydrogen-bond acceptors (Lipinski definition) is 1. The Labute approximate surface area is 122 Å². The third-order valence-corrected chi connectivity index (χ3v) is 9.26. The van der Waals surface area contributed by atoms with Gasteiger partial charge in [0.05, 0.1) is 0 Å². The van der Waals surface area contributed by atoms with Crippen molar-refractivity contribution >= 4 is 8.32 Å². The van der Waals surface area contributed by atoms with E-state index in [1.54, 1.807) is 0 Å². The molecule has 0 aromatic carbocycles. The molecule has 0 unspecified atom stereocenters. The summed E-state index contributed by atoms with van der Waals surface area (Å²) in [5, 5.41) is 0.334. The molecule has 0 aliphatic heterocycles. The van der Waals surface area contributed by atoms with E-state index in [1.807, 2.05) is 0 Å². The molecule has 0 amide bonds. The summed E-state index contributed by atoms with van der Waals surface area (Å²) in [6.07, 6.45) is 15.6. The van der Waals surface area contributed by atoms with Crippen LogP contribution in [0.3, 0.4) is 0 Å². The lowest BCUT2D eigenvalue weighted by molar-refractivity contribution is 0.155. The molecule has 19 heavy (non-hydrogen) atoms. The van der Waals surface area contributed by atoms with Crippen LogP contribution in [0.5, 0.6) is 0 Å². The summed E-state index contributed by atoms with van der Waals surface area (Å²) in [5.74, 6) is 0. The van der Waals surface area contributed by atoms with Crippen LogP contribution in [-0.4, -0.2) is 14.4 Å². The van der Waals surface area contributed by atoms with Crippen molar-refractivity contribution in [3.8, 4) is 0 Å². The molecule has 0 N–H and O–H groups in total. The van der Waals surface area contributed by atoms with Crippen LogP contribution in [-0.2, 0) is 4.43 Å². The summed E-state index contributed by atoms with van der Waals surface area (Å²) in [4.78, 5) is 0. The second-order valence-corrected chi connectivity index (χ2v) is 12.3. The van der Waals surface area contributed by atoms with E-state index in [4.69, 9.17) is 4.43 Å². The molecule has 112 valence electrons. The molecule has 0 radical (unpaired) electrons. The monoisotopic (exact) mass is 282 g/mol. The molecule has 0 saturated carbocycles. The average Bonchev–Trinajstić information content (AvgIpc) is 2.33. The Morgan fingerprint density at radius 1 is 0.895 bits per heavy atom. The van der Waals surface area contributed by atoms with Crippen LogP contribution in [0.1, 0.15) is 72.1 Å². The number of rotatable bonds is 2. The van der Waals surface area contributed by atoms with Crippen LogP contribution in [0.4, 0.5) is 0 Å². The molecule has 1 aliphatic carbocycles. The molecule has 0 aromatic rings. The van der Waals surface area contributed by atoms with Crippen LogP contribution in [0.25, 0.3) is 0 Å². The fraction of sp³-hybridized carbons (Fsp3) is 0.882. The molecule has 0 aromatic heterocycles. The van der Waals surface area contributed by atoms with Crippen molar-refractivity contribution in [2.24, 2.45) is 0 Å². The van der Waals surface area contributed by atoms with E-state index in [9.17, 15) is 0 Å². The van der Waals surface area contributed by atoms with Gasteiger partial charge in [0.25, 0.3) is 0 Å². The Morgan fingerprint density at radius 2 is 1.37 bits per heavy atom. The van der Waals surface area contributed by atoms with Gasteiger partial charge in [-0.05, 0) is 56.7 Å². The van der Waals surface area contributed by atoms with Gasteiger partial charge in [0.15, 0.2) is 8.32 Å². The summed E-state index contributed by atoms with van der Waals surface area (Å²) >= 11 is 0.